The van der Waals surface area contributed by atoms with Crippen LogP contribution in [0.2, 0.25) is 0 Å². The number of methoxy groups -OCH3 is 2. The molecule has 0 spiro atoms. The first kappa shape index (κ1) is 16.8. The SMILES string of the molecule is COc1ccc(CN=C(N)NCC2(C)CCCS2)cc1OC. The maximum absolute atomic E-state index is 5.96. The molecule has 1 aliphatic rings. The van der Waals surface area contributed by atoms with Crippen molar-refractivity contribution in [2.24, 2.45) is 10.7 Å². The molecule has 0 aromatic heterocycles. The molecule has 1 aromatic rings. The van der Waals surface area contributed by atoms with E-state index in [-0.39, 0.29) is 4.75 Å². The lowest BCUT2D eigenvalue weighted by atomic mass is 10.1. The van der Waals surface area contributed by atoms with Gasteiger partial charge < -0.3 is 20.5 Å². The van der Waals surface area contributed by atoms with Crippen LogP contribution in [0.3, 0.4) is 0 Å². The molecule has 1 aliphatic heterocycles. The van der Waals surface area contributed by atoms with Crippen molar-refractivity contribution in [3.63, 3.8) is 0 Å². The van der Waals surface area contributed by atoms with Gasteiger partial charge in [-0.3, -0.25) is 0 Å². The van der Waals surface area contributed by atoms with Gasteiger partial charge in [-0.1, -0.05) is 6.07 Å². The molecule has 0 amide bonds. The van der Waals surface area contributed by atoms with Crippen LogP contribution in [0.5, 0.6) is 11.5 Å². The molecule has 3 N–H and O–H groups in total. The molecule has 1 atom stereocenters. The van der Waals surface area contributed by atoms with Crippen molar-refractivity contribution in [3.8, 4) is 11.5 Å². The van der Waals surface area contributed by atoms with E-state index in [9.17, 15) is 0 Å². The summed E-state index contributed by atoms with van der Waals surface area (Å²) in [5.41, 5.74) is 6.99. The Morgan fingerprint density at radius 2 is 2.14 bits per heavy atom. The number of nitrogens with one attached hydrogen (secondary N) is 1. The van der Waals surface area contributed by atoms with Crippen molar-refractivity contribution in [1.82, 2.24) is 5.32 Å². The summed E-state index contributed by atoms with van der Waals surface area (Å²) in [4.78, 5) is 4.40. The van der Waals surface area contributed by atoms with E-state index in [4.69, 9.17) is 15.2 Å². The van der Waals surface area contributed by atoms with E-state index in [0.717, 1.165) is 12.1 Å². The molecule has 0 radical (unpaired) electrons. The molecule has 1 saturated heterocycles. The fourth-order valence-electron chi connectivity index (χ4n) is 2.47. The number of aliphatic imine (C=N–C) groups is 1. The molecule has 1 heterocycles. The van der Waals surface area contributed by atoms with Crippen molar-refractivity contribution in [3.05, 3.63) is 23.8 Å². The maximum atomic E-state index is 5.96. The number of thioether (sulfide) groups is 1. The van der Waals surface area contributed by atoms with Crippen molar-refractivity contribution < 1.29 is 9.47 Å². The number of hydrogen-bond donors (Lipinski definition) is 2. The summed E-state index contributed by atoms with van der Waals surface area (Å²) >= 11 is 2.01. The Morgan fingerprint density at radius 3 is 2.77 bits per heavy atom. The second-order valence-electron chi connectivity index (χ2n) is 5.65. The van der Waals surface area contributed by atoms with Gasteiger partial charge in [0.05, 0.1) is 20.8 Å². The van der Waals surface area contributed by atoms with Crippen LogP contribution in [0, 0.1) is 0 Å². The predicted octanol–water partition coefficient (Wildman–Crippen LogP) is 2.39. The molecule has 22 heavy (non-hydrogen) atoms. The summed E-state index contributed by atoms with van der Waals surface area (Å²) in [6.45, 7) is 3.65. The smallest absolute Gasteiger partial charge is 0.188 e. The number of hydrogen-bond acceptors (Lipinski definition) is 4. The first-order chi connectivity index (χ1) is 10.6. The van der Waals surface area contributed by atoms with E-state index in [1.54, 1.807) is 14.2 Å². The van der Waals surface area contributed by atoms with E-state index in [0.29, 0.717) is 24.0 Å². The second-order valence-corrected chi connectivity index (χ2v) is 7.33. The van der Waals surface area contributed by atoms with Crippen LogP contribution >= 0.6 is 11.8 Å². The summed E-state index contributed by atoms with van der Waals surface area (Å²) in [6.07, 6.45) is 2.51. The summed E-state index contributed by atoms with van der Waals surface area (Å²) in [7, 11) is 3.25. The fourth-order valence-corrected chi connectivity index (χ4v) is 3.71. The van der Waals surface area contributed by atoms with Gasteiger partial charge >= 0.3 is 0 Å². The van der Waals surface area contributed by atoms with E-state index in [1.807, 2.05) is 30.0 Å². The van der Waals surface area contributed by atoms with Crippen LogP contribution in [-0.2, 0) is 6.54 Å². The lowest BCUT2D eigenvalue weighted by Crippen LogP contribution is -2.40. The van der Waals surface area contributed by atoms with E-state index < -0.39 is 0 Å². The van der Waals surface area contributed by atoms with Crippen LogP contribution in [-0.4, -0.2) is 37.2 Å². The molecular weight excluding hydrogens is 298 g/mol. The minimum atomic E-state index is 0.281. The zero-order chi connectivity index (χ0) is 16.0. The molecule has 122 valence electrons. The van der Waals surface area contributed by atoms with Crippen molar-refractivity contribution in [1.29, 1.82) is 0 Å². The van der Waals surface area contributed by atoms with Crippen LogP contribution in [0.1, 0.15) is 25.3 Å². The van der Waals surface area contributed by atoms with Gasteiger partial charge in [0.2, 0.25) is 0 Å². The highest BCUT2D eigenvalue weighted by atomic mass is 32.2. The molecule has 1 aromatic carbocycles. The number of nitrogens with zero attached hydrogens (tertiary/aromatic N) is 1. The molecule has 6 heteroatoms. The van der Waals surface area contributed by atoms with Gasteiger partial charge in [-0.2, -0.15) is 11.8 Å². The lowest BCUT2D eigenvalue weighted by molar-refractivity contribution is 0.354. The third-order valence-electron chi connectivity index (χ3n) is 3.82. The molecule has 1 unspecified atom stereocenters. The minimum Gasteiger partial charge on any atom is -0.493 e. The highest BCUT2D eigenvalue weighted by Crippen LogP contribution is 2.36. The number of rotatable bonds is 6. The van der Waals surface area contributed by atoms with Gasteiger partial charge in [0, 0.05) is 11.3 Å². The largest absolute Gasteiger partial charge is 0.493 e. The Labute approximate surface area is 136 Å². The topological polar surface area (TPSA) is 68.9 Å². The fraction of sp³-hybridized carbons (Fsp3) is 0.562. The molecule has 2 rings (SSSR count). The van der Waals surface area contributed by atoms with Crippen molar-refractivity contribution in [2.45, 2.75) is 31.1 Å². The van der Waals surface area contributed by atoms with Crippen molar-refractivity contribution >= 4 is 17.7 Å². The van der Waals surface area contributed by atoms with Gasteiger partial charge in [0.25, 0.3) is 0 Å². The van der Waals surface area contributed by atoms with E-state index in [2.05, 4.69) is 17.2 Å². The Balaban J connectivity index is 1.90. The van der Waals surface area contributed by atoms with Gasteiger partial charge in [0.1, 0.15) is 0 Å². The summed E-state index contributed by atoms with van der Waals surface area (Å²) in [5.74, 6) is 3.15. The van der Waals surface area contributed by atoms with Gasteiger partial charge in [-0.05, 0) is 43.2 Å². The predicted molar refractivity (Wildman–Crippen MR) is 93.0 cm³/mol. The lowest BCUT2D eigenvalue weighted by Gasteiger charge is -2.23. The highest BCUT2D eigenvalue weighted by molar-refractivity contribution is 8.00. The molecule has 5 nitrogen and oxygen atoms in total. The monoisotopic (exact) mass is 323 g/mol. The molecule has 0 aliphatic carbocycles. The number of guanidine groups is 1. The zero-order valence-corrected chi connectivity index (χ0v) is 14.3. The number of ether oxygens (including phenoxy) is 2. The Bertz CT molecular complexity index is 528. The maximum Gasteiger partial charge on any atom is 0.188 e. The average Bonchev–Trinajstić information content (AvgIpc) is 2.97. The van der Waals surface area contributed by atoms with Crippen LogP contribution in [0.4, 0.5) is 0 Å². The Hall–Kier alpha value is -1.56. The number of benzene rings is 1. The van der Waals surface area contributed by atoms with Crippen LogP contribution < -0.4 is 20.5 Å². The summed E-state index contributed by atoms with van der Waals surface area (Å²) < 4.78 is 10.8. The molecular formula is C16H25N3O2S. The van der Waals surface area contributed by atoms with E-state index >= 15 is 0 Å². The minimum absolute atomic E-state index is 0.281. The Morgan fingerprint density at radius 1 is 1.36 bits per heavy atom. The normalized spacial score (nSPS) is 21.7. The van der Waals surface area contributed by atoms with E-state index in [1.165, 1.54) is 18.6 Å². The summed E-state index contributed by atoms with van der Waals surface area (Å²) in [5, 5.41) is 3.24. The average molecular weight is 323 g/mol. The highest BCUT2D eigenvalue weighted by Gasteiger charge is 2.29. The first-order valence-electron chi connectivity index (χ1n) is 7.45. The molecule has 0 bridgehead atoms. The zero-order valence-electron chi connectivity index (χ0n) is 13.5. The van der Waals surface area contributed by atoms with Gasteiger partial charge in [0.15, 0.2) is 17.5 Å². The third-order valence-corrected chi connectivity index (χ3v) is 5.36. The number of nitrogens with two attached hydrogens (primary N) is 1. The second kappa shape index (κ2) is 7.63. The third kappa shape index (κ3) is 4.47. The first-order valence-corrected chi connectivity index (χ1v) is 8.43. The quantitative estimate of drug-likeness (QED) is 0.621. The molecule has 0 saturated carbocycles. The van der Waals surface area contributed by atoms with Crippen LogP contribution in [0.25, 0.3) is 0 Å². The summed E-state index contributed by atoms with van der Waals surface area (Å²) in [6, 6.07) is 5.76. The molecule has 1 fully saturated rings. The van der Waals surface area contributed by atoms with Gasteiger partial charge in [-0.15, -0.1) is 0 Å². The standard InChI is InChI=1S/C16H25N3O2S/c1-16(7-4-8-22-16)11-19-15(17)18-10-12-5-6-13(20-2)14(9-12)21-3/h5-6,9H,4,7-8,10-11H2,1-3H3,(H3,17,18,19). The Kier molecular flexibility index (Phi) is 5.83. The van der Waals surface area contributed by atoms with Gasteiger partial charge in [-0.25, -0.2) is 4.99 Å². The van der Waals surface area contributed by atoms with Crippen molar-refractivity contribution in [2.75, 3.05) is 26.5 Å². The van der Waals surface area contributed by atoms with Crippen LogP contribution in [0.15, 0.2) is 23.2 Å².